The molecule has 0 spiro atoms. The minimum absolute atomic E-state index is 0.306. The highest BCUT2D eigenvalue weighted by Crippen LogP contribution is 1.68. The summed E-state index contributed by atoms with van der Waals surface area (Å²) < 4.78 is 0. The standard InChI is InChI=1S/2C2H3ClO2/c2*3-1-2(4)5/h2*1H2,(H,4,5). The average Bonchev–Trinajstić information content (AvgIpc) is 1.89. The van der Waals surface area contributed by atoms with E-state index in [1.165, 1.54) is 0 Å². The Morgan fingerprint density at radius 3 is 1.10 bits per heavy atom. The van der Waals surface area contributed by atoms with Gasteiger partial charge in [0, 0.05) is 0 Å². The van der Waals surface area contributed by atoms with Gasteiger partial charge in [0.15, 0.2) is 0 Å². The molecule has 4 nitrogen and oxygen atoms in total. The average molecular weight is 189 g/mol. The predicted molar refractivity (Wildman–Crippen MR) is 36.7 cm³/mol. The van der Waals surface area contributed by atoms with Gasteiger partial charge in [0.1, 0.15) is 11.8 Å². The molecule has 0 radical (unpaired) electrons. The third-order valence-electron chi connectivity index (χ3n) is 0.229. The van der Waals surface area contributed by atoms with E-state index in [-0.39, 0.29) is 11.8 Å². The molecule has 0 aliphatic carbocycles. The number of carbonyl (C=O) groups is 2. The maximum Gasteiger partial charge on any atom is 0.318 e. The van der Waals surface area contributed by atoms with E-state index < -0.39 is 11.9 Å². The molecule has 0 heterocycles. The van der Waals surface area contributed by atoms with Gasteiger partial charge < -0.3 is 10.2 Å². The topological polar surface area (TPSA) is 74.6 Å². The number of rotatable bonds is 2. The fourth-order valence-corrected chi connectivity index (χ4v) is 0. The van der Waals surface area contributed by atoms with E-state index in [0.717, 1.165) is 0 Å². The number of carboxylic acids is 2. The van der Waals surface area contributed by atoms with Crippen LogP contribution in [-0.4, -0.2) is 33.9 Å². The molecule has 10 heavy (non-hydrogen) atoms. The van der Waals surface area contributed by atoms with Crippen LogP contribution in [-0.2, 0) is 9.59 Å². The second-order valence-corrected chi connectivity index (χ2v) is 1.59. The molecule has 0 fully saturated rings. The summed E-state index contributed by atoms with van der Waals surface area (Å²) in [6.07, 6.45) is 0. The number of hydrogen-bond donors (Lipinski definition) is 2. The summed E-state index contributed by atoms with van der Waals surface area (Å²) in [5.41, 5.74) is 0. The highest BCUT2D eigenvalue weighted by atomic mass is 35.5. The highest BCUT2D eigenvalue weighted by molar-refractivity contribution is 6.26. The van der Waals surface area contributed by atoms with Crippen LogP contribution in [0.2, 0.25) is 0 Å². The predicted octanol–water partition coefficient (Wildman–Crippen LogP) is 0.620. The number of carboxylic acid groups (broad SMARTS) is 2. The van der Waals surface area contributed by atoms with Gasteiger partial charge in [-0.05, 0) is 0 Å². The molecule has 0 aromatic carbocycles. The van der Waals surface area contributed by atoms with Crippen molar-refractivity contribution in [3.63, 3.8) is 0 Å². The van der Waals surface area contributed by atoms with Crippen molar-refractivity contribution in [3.8, 4) is 0 Å². The normalized spacial score (nSPS) is 7.40. The summed E-state index contributed by atoms with van der Waals surface area (Å²) in [7, 11) is 0. The first-order valence-electron chi connectivity index (χ1n) is 2.10. The lowest BCUT2D eigenvalue weighted by Gasteiger charge is -1.70. The molecule has 0 unspecified atom stereocenters. The fraction of sp³-hybridized carbons (Fsp3) is 0.500. The van der Waals surface area contributed by atoms with Crippen LogP contribution < -0.4 is 0 Å². The van der Waals surface area contributed by atoms with Gasteiger partial charge in [-0.25, -0.2) is 0 Å². The van der Waals surface area contributed by atoms with Crippen LogP contribution in [0.5, 0.6) is 0 Å². The molecule has 0 aliphatic rings. The minimum Gasteiger partial charge on any atom is -0.480 e. The quantitative estimate of drug-likeness (QED) is 0.624. The van der Waals surface area contributed by atoms with Gasteiger partial charge in [-0.15, -0.1) is 23.2 Å². The van der Waals surface area contributed by atoms with E-state index in [0.29, 0.717) is 0 Å². The third-order valence-corrected chi connectivity index (χ3v) is 0.686. The Kier molecular flexibility index (Phi) is 10.4. The third kappa shape index (κ3) is 25.8. The second-order valence-electron chi connectivity index (χ2n) is 1.05. The molecule has 0 amide bonds. The smallest absolute Gasteiger partial charge is 0.318 e. The molecule has 0 aliphatic heterocycles. The van der Waals surface area contributed by atoms with Crippen molar-refractivity contribution in [1.82, 2.24) is 0 Å². The first kappa shape index (κ1) is 12.2. The number of alkyl halides is 2. The Morgan fingerprint density at radius 2 is 1.10 bits per heavy atom. The Morgan fingerprint density at radius 1 is 1.00 bits per heavy atom. The molecule has 0 aromatic heterocycles. The summed E-state index contributed by atoms with van der Waals surface area (Å²) in [6.45, 7) is 0. The lowest BCUT2D eigenvalue weighted by molar-refractivity contribution is -0.135. The maximum absolute atomic E-state index is 9.24. The Balaban J connectivity index is 0. The number of aliphatic carboxylic acids is 2. The molecule has 0 aromatic rings. The van der Waals surface area contributed by atoms with Crippen LogP contribution >= 0.6 is 23.2 Å². The van der Waals surface area contributed by atoms with Crippen LogP contribution in [0.3, 0.4) is 0 Å². The van der Waals surface area contributed by atoms with Crippen molar-refractivity contribution in [2.45, 2.75) is 0 Å². The molecule has 6 heteroatoms. The summed E-state index contributed by atoms with van der Waals surface area (Å²) in [6, 6.07) is 0. The lowest BCUT2D eigenvalue weighted by atomic mass is 10.8. The first-order valence-corrected chi connectivity index (χ1v) is 3.17. The number of halogens is 2. The molecule has 0 atom stereocenters. The zero-order valence-electron chi connectivity index (χ0n) is 4.88. The zero-order valence-corrected chi connectivity index (χ0v) is 6.39. The molecule has 60 valence electrons. The van der Waals surface area contributed by atoms with E-state index in [1.807, 2.05) is 0 Å². The van der Waals surface area contributed by atoms with Gasteiger partial charge in [0.2, 0.25) is 0 Å². The summed E-state index contributed by atoms with van der Waals surface area (Å²) in [5.74, 6) is -2.57. The van der Waals surface area contributed by atoms with Crippen molar-refractivity contribution in [1.29, 1.82) is 0 Å². The van der Waals surface area contributed by atoms with Gasteiger partial charge in [-0.1, -0.05) is 0 Å². The van der Waals surface area contributed by atoms with Crippen LogP contribution in [0.4, 0.5) is 0 Å². The van der Waals surface area contributed by atoms with Crippen molar-refractivity contribution in [3.05, 3.63) is 0 Å². The van der Waals surface area contributed by atoms with E-state index in [9.17, 15) is 9.59 Å². The van der Waals surface area contributed by atoms with Gasteiger partial charge in [0.05, 0.1) is 0 Å². The molecule has 0 bridgehead atoms. The van der Waals surface area contributed by atoms with Gasteiger partial charge in [-0.3, -0.25) is 9.59 Å². The summed E-state index contributed by atoms with van der Waals surface area (Å²) >= 11 is 9.47. The van der Waals surface area contributed by atoms with Crippen LogP contribution in [0, 0.1) is 0 Å². The van der Waals surface area contributed by atoms with E-state index in [4.69, 9.17) is 33.4 Å². The van der Waals surface area contributed by atoms with Crippen molar-refractivity contribution in [2.75, 3.05) is 11.8 Å². The van der Waals surface area contributed by atoms with Gasteiger partial charge in [-0.2, -0.15) is 0 Å². The maximum atomic E-state index is 9.24. The second kappa shape index (κ2) is 8.52. The Bertz CT molecular complexity index is 99.8. The molecular formula is C4H6Cl2O4. The van der Waals surface area contributed by atoms with Crippen molar-refractivity contribution in [2.24, 2.45) is 0 Å². The van der Waals surface area contributed by atoms with E-state index in [2.05, 4.69) is 0 Å². The van der Waals surface area contributed by atoms with E-state index >= 15 is 0 Å². The monoisotopic (exact) mass is 188 g/mol. The largest absolute Gasteiger partial charge is 0.480 e. The van der Waals surface area contributed by atoms with Crippen LogP contribution in [0.25, 0.3) is 0 Å². The van der Waals surface area contributed by atoms with Gasteiger partial charge in [0.25, 0.3) is 0 Å². The minimum atomic E-state index is -0.980. The molecule has 0 saturated heterocycles. The summed E-state index contributed by atoms with van der Waals surface area (Å²) in [5, 5.41) is 15.2. The molecule has 2 N–H and O–H groups in total. The van der Waals surface area contributed by atoms with E-state index in [1.54, 1.807) is 0 Å². The zero-order chi connectivity index (χ0) is 8.57. The molecule has 0 saturated carbocycles. The highest BCUT2D eigenvalue weighted by Gasteiger charge is 1.83. The van der Waals surface area contributed by atoms with Gasteiger partial charge >= 0.3 is 11.9 Å². The molecular weight excluding hydrogens is 183 g/mol. The molecule has 0 rings (SSSR count). The van der Waals surface area contributed by atoms with Crippen LogP contribution in [0.15, 0.2) is 0 Å². The summed E-state index contributed by atoms with van der Waals surface area (Å²) in [4.78, 5) is 18.5. The van der Waals surface area contributed by atoms with Crippen molar-refractivity contribution >= 4 is 35.1 Å². The number of hydrogen-bond acceptors (Lipinski definition) is 2. The Hall–Kier alpha value is -0.480. The fourth-order valence-electron chi connectivity index (χ4n) is 0. The van der Waals surface area contributed by atoms with Crippen molar-refractivity contribution < 1.29 is 19.8 Å². The van der Waals surface area contributed by atoms with Crippen LogP contribution in [0.1, 0.15) is 0 Å². The lowest BCUT2D eigenvalue weighted by Crippen LogP contribution is -1.92. The Labute approximate surface area is 67.4 Å². The first-order chi connectivity index (χ1) is 4.54. The SMILES string of the molecule is O=C(O)CCl.O=C(O)CCl.